The number of hydrogen-bond donors (Lipinski definition) is 2. The topological polar surface area (TPSA) is 50.4 Å². The van der Waals surface area contributed by atoms with E-state index in [1.807, 2.05) is 12.5 Å². The molecule has 126 valence electrons. The molecule has 3 aliphatic carbocycles. The number of imidazole rings is 1. The summed E-state index contributed by atoms with van der Waals surface area (Å²) < 4.78 is 2.20. The van der Waals surface area contributed by atoms with Crippen molar-refractivity contribution in [2.45, 2.75) is 63.2 Å². The molecule has 5 unspecified atom stereocenters. The molecule has 0 radical (unpaired) electrons. The molecule has 1 aromatic rings. The predicted molar refractivity (Wildman–Crippen MR) is 95.2 cm³/mol. The number of rotatable bonds is 3. The Morgan fingerprint density at radius 3 is 2.74 bits per heavy atom. The van der Waals surface area contributed by atoms with Gasteiger partial charge in [-0.3, -0.25) is 3.97 Å². The van der Waals surface area contributed by atoms with Crippen LogP contribution in [0.4, 0.5) is 5.82 Å². The summed E-state index contributed by atoms with van der Waals surface area (Å²) in [5.74, 6) is 3.91. The van der Waals surface area contributed by atoms with Gasteiger partial charge in [-0.05, 0) is 49.9 Å². The van der Waals surface area contributed by atoms with Crippen LogP contribution in [0.5, 0.6) is 0 Å². The summed E-state index contributed by atoms with van der Waals surface area (Å²) in [5.41, 5.74) is -0.220. The number of nitrogens with zero attached hydrogens (tertiary/aromatic N) is 3. The molecule has 23 heavy (non-hydrogen) atoms. The van der Waals surface area contributed by atoms with Gasteiger partial charge in [-0.1, -0.05) is 25.7 Å². The molecule has 0 saturated heterocycles. The first-order valence-corrected chi connectivity index (χ1v) is 10.8. The smallest absolute Gasteiger partial charge is 0.162 e. The fourth-order valence-corrected chi connectivity index (χ4v) is 7.81. The normalized spacial score (nSPS) is 39.4. The first kappa shape index (κ1) is 14.5. The molecule has 3 fully saturated rings. The van der Waals surface area contributed by atoms with Crippen LogP contribution >= 0.6 is 11.1 Å². The lowest BCUT2D eigenvalue weighted by molar-refractivity contribution is 0.0775. The van der Waals surface area contributed by atoms with Crippen LogP contribution in [-0.2, 0) is 0 Å². The second kappa shape index (κ2) is 5.62. The van der Waals surface area contributed by atoms with E-state index in [-0.39, 0.29) is 5.44 Å². The Bertz CT molecular complexity index is 624. The fraction of sp³-hybridized carbons (Fsp3) is 0.778. The minimum Gasteiger partial charge on any atom is -0.382 e. The van der Waals surface area contributed by atoms with Crippen molar-refractivity contribution in [2.75, 3.05) is 0 Å². The van der Waals surface area contributed by atoms with Gasteiger partial charge in [0.15, 0.2) is 5.82 Å². The first-order chi connectivity index (χ1) is 11.3. The Kier molecular flexibility index (Phi) is 3.55. The SMILES string of the molecule is OC(C1CCC2CCCCC2C1)[SH]1C(C2CC2)=Nc2cncn21. The van der Waals surface area contributed by atoms with E-state index >= 15 is 0 Å². The quantitative estimate of drug-likeness (QED) is 0.821. The van der Waals surface area contributed by atoms with Crippen LogP contribution in [0.2, 0.25) is 0 Å². The lowest BCUT2D eigenvalue weighted by Gasteiger charge is -2.42. The van der Waals surface area contributed by atoms with Gasteiger partial charge in [-0.15, -0.1) is 11.1 Å². The summed E-state index contributed by atoms with van der Waals surface area (Å²) in [4.78, 5) is 9.10. The number of fused-ring (bicyclic) bond motifs is 2. The second-order valence-electron chi connectivity index (χ2n) is 7.98. The Hall–Kier alpha value is -0.810. The van der Waals surface area contributed by atoms with Crippen molar-refractivity contribution in [2.24, 2.45) is 28.7 Å². The predicted octanol–water partition coefficient (Wildman–Crippen LogP) is 4.03. The van der Waals surface area contributed by atoms with E-state index in [2.05, 4.69) is 8.96 Å². The van der Waals surface area contributed by atoms with Crippen LogP contribution in [0.25, 0.3) is 0 Å². The summed E-state index contributed by atoms with van der Waals surface area (Å²) in [5, 5.41) is 12.6. The molecule has 2 heterocycles. The van der Waals surface area contributed by atoms with Crippen LogP contribution in [-0.4, -0.2) is 24.5 Å². The van der Waals surface area contributed by atoms with Crippen LogP contribution in [0.15, 0.2) is 17.5 Å². The lowest BCUT2D eigenvalue weighted by Crippen LogP contribution is -2.34. The molecular weight excluding hydrogens is 306 g/mol. The van der Waals surface area contributed by atoms with E-state index in [4.69, 9.17) is 4.99 Å². The number of thiol groups is 1. The third-order valence-electron chi connectivity index (χ3n) is 6.49. The third-order valence-corrected chi connectivity index (χ3v) is 9.12. The summed E-state index contributed by atoms with van der Waals surface area (Å²) in [6, 6.07) is 0. The zero-order valence-corrected chi connectivity index (χ0v) is 14.5. The fourth-order valence-electron chi connectivity index (χ4n) is 5.07. The monoisotopic (exact) mass is 333 g/mol. The van der Waals surface area contributed by atoms with Crippen molar-refractivity contribution in [1.29, 1.82) is 0 Å². The summed E-state index contributed by atoms with van der Waals surface area (Å²) in [7, 11) is 0. The maximum Gasteiger partial charge on any atom is 0.162 e. The molecule has 1 aliphatic heterocycles. The molecule has 0 bridgehead atoms. The van der Waals surface area contributed by atoms with E-state index in [0.717, 1.165) is 17.7 Å². The maximum atomic E-state index is 11.3. The Balaban J connectivity index is 1.37. The number of aromatic nitrogens is 2. The number of hydrogen-bond acceptors (Lipinski definition) is 3. The minimum absolute atomic E-state index is 0.220. The molecule has 1 aromatic heterocycles. The number of aliphatic hydroxyl groups is 1. The molecule has 5 atom stereocenters. The highest BCUT2D eigenvalue weighted by Gasteiger charge is 2.43. The summed E-state index contributed by atoms with van der Waals surface area (Å²) in [6.07, 6.45) is 15.7. The van der Waals surface area contributed by atoms with Gasteiger partial charge in [0.05, 0.1) is 11.2 Å². The maximum absolute atomic E-state index is 11.3. The molecule has 4 aliphatic rings. The van der Waals surface area contributed by atoms with E-state index in [0.29, 0.717) is 11.8 Å². The molecular formula is C18H27N3OS. The van der Waals surface area contributed by atoms with E-state index in [1.54, 1.807) is 0 Å². The van der Waals surface area contributed by atoms with Crippen molar-refractivity contribution in [3.05, 3.63) is 12.5 Å². The zero-order chi connectivity index (χ0) is 15.4. The highest BCUT2D eigenvalue weighted by molar-refractivity contribution is 8.29. The Labute approximate surface area is 140 Å². The molecule has 1 N–H and O–H groups in total. The van der Waals surface area contributed by atoms with Crippen LogP contribution < -0.4 is 0 Å². The van der Waals surface area contributed by atoms with E-state index < -0.39 is 11.1 Å². The summed E-state index contributed by atoms with van der Waals surface area (Å²) >= 11 is -0.713. The summed E-state index contributed by atoms with van der Waals surface area (Å²) in [6.45, 7) is 0. The molecule has 5 rings (SSSR count). The van der Waals surface area contributed by atoms with Crippen LogP contribution in [0.1, 0.15) is 57.8 Å². The largest absolute Gasteiger partial charge is 0.382 e. The van der Waals surface area contributed by atoms with Gasteiger partial charge < -0.3 is 5.11 Å². The van der Waals surface area contributed by atoms with Gasteiger partial charge in [0.1, 0.15) is 11.8 Å². The molecule has 3 saturated carbocycles. The van der Waals surface area contributed by atoms with Crippen molar-refractivity contribution in [3.63, 3.8) is 0 Å². The molecule has 0 aromatic carbocycles. The molecule has 0 amide bonds. The lowest BCUT2D eigenvalue weighted by atomic mass is 9.68. The van der Waals surface area contributed by atoms with E-state index in [1.165, 1.54) is 62.8 Å². The first-order valence-electron chi connectivity index (χ1n) is 9.40. The van der Waals surface area contributed by atoms with Gasteiger partial charge in [0.25, 0.3) is 0 Å². The third kappa shape index (κ3) is 2.47. The highest BCUT2D eigenvalue weighted by Crippen LogP contribution is 2.55. The van der Waals surface area contributed by atoms with Gasteiger partial charge in [-0.2, -0.15) is 0 Å². The van der Waals surface area contributed by atoms with Gasteiger partial charge in [-0.25, -0.2) is 9.98 Å². The van der Waals surface area contributed by atoms with E-state index in [9.17, 15) is 5.11 Å². The number of aliphatic hydroxyl groups excluding tert-OH is 1. The minimum atomic E-state index is -0.713. The average Bonchev–Trinajstić information content (AvgIpc) is 3.22. The second-order valence-corrected chi connectivity index (χ2v) is 10.1. The van der Waals surface area contributed by atoms with Crippen LogP contribution in [0, 0.1) is 23.7 Å². The zero-order valence-electron chi connectivity index (χ0n) is 13.6. The van der Waals surface area contributed by atoms with Crippen molar-refractivity contribution in [3.8, 4) is 0 Å². The van der Waals surface area contributed by atoms with Crippen molar-refractivity contribution < 1.29 is 5.11 Å². The van der Waals surface area contributed by atoms with Gasteiger partial charge in [0.2, 0.25) is 0 Å². The average molecular weight is 334 g/mol. The van der Waals surface area contributed by atoms with Crippen molar-refractivity contribution in [1.82, 2.24) is 8.96 Å². The van der Waals surface area contributed by atoms with Crippen LogP contribution in [0.3, 0.4) is 0 Å². The Morgan fingerprint density at radius 1 is 1.09 bits per heavy atom. The molecule has 0 spiro atoms. The van der Waals surface area contributed by atoms with Crippen molar-refractivity contribution >= 4 is 21.9 Å². The molecule has 4 nitrogen and oxygen atoms in total. The standard InChI is InChI=1S/C18H27N3OS/c22-18(15-8-5-12-3-1-2-4-14(12)9-15)23-17(13-6-7-13)20-16-10-19-11-21(16)23/h10-15,18,22-23H,1-9H2. The molecule has 5 heteroatoms. The number of aliphatic imine (C=N–C) groups is 1. The van der Waals surface area contributed by atoms with Gasteiger partial charge in [0, 0.05) is 5.92 Å². The van der Waals surface area contributed by atoms with Gasteiger partial charge >= 0.3 is 0 Å². The highest BCUT2D eigenvalue weighted by atomic mass is 32.2. The Morgan fingerprint density at radius 2 is 1.91 bits per heavy atom.